The summed E-state index contributed by atoms with van der Waals surface area (Å²) < 4.78 is 5.19. The summed E-state index contributed by atoms with van der Waals surface area (Å²) in [6.45, 7) is 1.59. The van der Waals surface area contributed by atoms with E-state index in [0.717, 1.165) is 25.9 Å². The van der Waals surface area contributed by atoms with Crippen LogP contribution in [0.1, 0.15) is 33.6 Å². The van der Waals surface area contributed by atoms with Crippen LogP contribution in [0.4, 0.5) is 5.69 Å². The Kier molecular flexibility index (Phi) is 6.03. The number of hydrogen-bond acceptors (Lipinski definition) is 4. The predicted octanol–water partition coefficient (Wildman–Crippen LogP) is 3.06. The number of nitrogens with one attached hydrogen (secondary N) is 2. The minimum absolute atomic E-state index is 0.0140. The minimum atomic E-state index is -0.366. The molecule has 0 spiro atoms. The largest absolute Gasteiger partial charge is 0.496 e. The molecule has 1 fully saturated rings. The van der Waals surface area contributed by atoms with E-state index in [1.54, 1.807) is 48.5 Å². The fraction of sp³-hybridized carbons (Fsp3) is 0.250. The number of thiocarbonyl (C=S) groups is 1. The summed E-state index contributed by atoms with van der Waals surface area (Å²) in [7, 11) is 1.51. The van der Waals surface area contributed by atoms with Crippen LogP contribution in [0.15, 0.2) is 48.5 Å². The van der Waals surface area contributed by atoms with E-state index < -0.39 is 0 Å². The van der Waals surface area contributed by atoms with Gasteiger partial charge in [-0.15, -0.1) is 0 Å². The third kappa shape index (κ3) is 4.62. The van der Waals surface area contributed by atoms with E-state index in [9.17, 15) is 9.59 Å². The highest BCUT2D eigenvalue weighted by Crippen LogP contribution is 2.18. The number of nitrogens with zero attached hydrogens (tertiary/aromatic N) is 1. The summed E-state index contributed by atoms with van der Waals surface area (Å²) in [4.78, 5) is 26.7. The van der Waals surface area contributed by atoms with Crippen molar-refractivity contribution >= 4 is 34.8 Å². The maximum Gasteiger partial charge on any atom is 0.261 e. The zero-order chi connectivity index (χ0) is 19.2. The van der Waals surface area contributed by atoms with Crippen LogP contribution in [-0.4, -0.2) is 42.0 Å². The Bertz CT molecular complexity index is 863. The molecule has 7 heteroatoms. The molecule has 6 nitrogen and oxygen atoms in total. The van der Waals surface area contributed by atoms with Gasteiger partial charge in [-0.05, 0) is 55.4 Å². The van der Waals surface area contributed by atoms with Gasteiger partial charge in [0.25, 0.3) is 11.8 Å². The zero-order valence-corrected chi connectivity index (χ0v) is 15.8. The van der Waals surface area contributed by atoms with E-state index in [4.69, 9.17) is 17.0 Å². The molecular weight excluding hydrogens is 362 g/mol. The fourth-order valence-corrected chi connectivity index (χ4v) is 3.21. The molecule has 0 radical (unpaired) electrons. The number of anilines is 1. The van der Waals surface area contributed by atoms with Gasteiger partial charge in [0.2, 0.25) is 0 Å². The van der Waals surface area contributed by atoms with E-state index in [-0.39, 0.29) is 16.9 Å². The maximum absolute atomic E-state index is 12.5. The lowest BCUT2D eigenvalue weighted by Crippen LogP contribution is -2.34. The van der Waals surface area contributed by atoms with E-state index >= 15 is 0 Å². The maximum atomic E-state index is 12.5. The Morgan fingerprint density at radius 3 is 2.56 bits per heavy atom. The molecule has 27 heavy (non-hydrogen) atoms. The Hall–Kier alpha value is -2.93. The molecule has 0 saturated carbocycles. The first-order chi connectivity index (χ1) is 13.1. The van der Waals surface area contributed by atoms with Gasteiger partial charge in [-0.2, -0.15) is 0 Å². The highest BCUT2D eigenvalue weighted by atomic mass is 32.1. The predicted molar refractivity (Wildman–Crippen MR) is 108 cm³/mol. The Labute approximate surface area is 163 Å². The first-order valence-corrected chi connectivity index (χ1v) is 9.14. The third-order valence-corrected chi connectivity index (χ3v) is 4.54. The van der Waals surface area contributed by atoms with E-state index in [2.05, 4.69) is 10.6 Å². The van der Waals surface area contributed by atoms with Gasteiger partial charge in [-0.3, -0.25) is 14.9 Å². The lowest BCUT2D eigenvalue weighted by atomic mass is 10.1. The molecule has 3 rings (SSSR count). The zero-order valence-electron chi connectivity index (χ0n) is 15.0. The van der Waals surface area contributed by atoms with Crippen LogP contribution >= 0.6 is 12.2 Å². The van der Waals surface area contributed by atoms with Gasteiger partial charge in [-0.25, -0.2) is 0 Å². The Balaban J connectivity index is 1.65. The van der Waals surface area contributed by atoms with Crippen LogP contribution in [0, 0.1) is 0 Å². The number of hydrogen-bond donors (Lipinski definition) is 2. The number of carbonyl (C=O) groups is 2. The quantitative estimate of drug-likeness (QED) is 0.794. The van der Waals surface area contributed by atoms with Crippen LogP contribution < -0.4 is 15.4 Å². The normalized spacial score (nSPS) is 13.1. The second-order valence-corrected chi connectivity index (χ2v) is 6.60. The highest BCUT2D eigenvalue weighted by Gasteiger charge is 2.19. The molecule has 2 N–H and O–H groups in total. The minimum Gasteiger partial charge on any atom is -0.496 e. The molecule has 2 amide bonds. The molecule has 140 valence electrons. The van der Waals surface area contributed by atoms with Gasteiger partial charge in [0.05, 0.1) is 12.7 Å². The number of methoxy groups -OCH3 is 1. The van der Waals surface area contributed by atoms with Crippen molar-refractivity contribution in [2.45, 2.75) is 12.8 Å². The SMILES string of the molecule is COc1ccccc1C(=O)NC(=S)Nc1cccc(C(=O)N2CCCC2)c1. The van der Waals surface area contributed by atoms with Crippen molar-refractivity contribution in [1.82, 2.24) is 10.2 Å². The molecule has 0 aliphatic carbocycles. The average Bonchev–Trinajstić information content (AvgIpc) is 3.22. The second-order valence-electron chi connectivity index (χ2n) is 6.19. The van der Waals surface area contributed by atoms with E-state index in [0.29, 0.717) is 22.6 Å². The third-order valence-electron chi connectivity index (χ3n) is 4.34. The number of carbonyl (C=O) groups excluding carboxylic acids is 2. The van der Waals surface area contributed by atoms with Crippen molar-refractivity contribution in [2.75, 3.05) is 25.5 Å². The summed E-state index contributed by atoms with van der Waals surface area (Å²) in [6, 6.07) is 14.0. The smallest absolute Gasteiger partial charge is 0.261 e. The first-order valence-electron chi connectivity index (χ1n) is 8.73. The van der Waals surface area contributed by atoms with E-state index in [1.165, 1.54) is 7.11 Å². The molecule has 1 aliphatic rings. The summed E-state index contributed by atoms with van der Waals surface area (Å²) >= 11 is 5.23. The van der Waals surface area contributed by atoms with Gasteiger partial charge in [-0.1, -0.05) is 18.2 Å². The summed E-state index contributed by atoms with van der Waals surface area (Å²) in [5.74, 6) is 0.116. The molecule has 0 unspecified atom stereocenters. The molecule has 1 saturated heterocycles. The van der Waals surface area contributed by atoms with Crippen LogP contribution in [0.2, 0.25) is 0 Å². The van der Waals surface area contributed by atoms with Gasteiger partial charge >= 0.3 is 0 Å². The van der Waals surface area contributed by atoms with Crippen LogP contribution in [0.3, 0.4) is 0 Å². The number of rotatable bonds is 4. The van der Waals surface area contributed by atoms with Crippen LogP contribution in [0.5, 0.6) is 5.75 Å². The van der Waals surface area contributed by atoms with Crippen molar-refractivity contribution in [3.63, 3.8) is 0 Å². The molecule has 0 bridgehead atoms. The fourth-order valence-electron chi connectivity index (χ4n) is 3.00. The number of para-hydroxylation sites is 1. The molecular formula is C20H21N3O3S. The van der Waals surface area contributed by atoms with Gasteiger partial charge in [0.15, 0.2) is 5.11 Å². The standard InChI is InChI=1S/C20H21N3O3S/c1-26-17-10-3-2-9-16(17)18(24)22-20(27)21-15-8-6-7-14(13-15)19(25)23-11-4-5-12-23/h2-3,6-10,13H,4-5,11-12H2,1H3,(H2,21,22,24,27). The molecule has 0 atom stereocenters. The molecule has 1 aliphatic heterocycles. The van der Waals surface area contributed by atoms with Crippen molar-refractivity contribution in [1.29, 1.82) is 0 Å². The van der Waals surface area contributed by atoms with Crippen LogP contribution in [0.25, 0.3) is 0 Å². The number of ether oxygens (including phenoxy) is 1. The molecule has 2 aromatic rings. The number of likely N-dealkylation sites (tertiary alicyclic amines) is 1. The number of benzene rings is 2. The van der Waals surface area contributed by atoms with Gasteiger partial charge in [0.1, 0.15) is 5.75 Å². The molecule has 0 aromatic heterocycles. The monoisotopic (exact) mass is 383 g/mol. The lowest BCUT2D eigenvalue weighted by molar-refractivity contribution is 0.0792. The van der Waals surface area contributed by atoms with Crippen molar-refractivity contribution in [3.05, 3.63) is 59.7 Å². The summed E-state index contributed by atoms with van der Waals surface area (Å²) in [5.41, 5.74) is 1.63. The van der Waals surface area contributed by atoms with Crippen molar-refractivity contribution in [3.8, 4) is 5.75 Å². The lowest BCUT2D eigenvalue weighted by Gasteiger charge is -2.16. The molecule has 1 heterocycles. The van der Waals surface area contributed by atoms with Crippen LogP contribution in [-0.2, 0) is 0 Å². The number of amides is 2. The first kappa shape index (κ1) is 18.8. The van der Waals surface area contributed by atoms with Gasteiger partial charge in [0, 0.05) is 24.3 Å². The van der Waals surface area contributed by atoms with Gasteiger partial charge < -0.3 is 15.0 Å². The molecule has 2 aromatic carbocycles. The van der Waals surface area contributed by atoms with Crippen molar-refractivity contribution < 1.29 is 14.3 Å². The van der Waals surface area contributed by atoms with E-state index in [1.807, 2.05) is 4.90 Å². The summed E-state index contributed by atoms with van der Waals surface area (Å²) in [6.07, 6.45) is 2.09. The highest BCUT2D eigenvalue weighted by molar-refractivity contribution is 7.80. The second kappa shape index (κ2) is 8.64. The Morgan fingerprint density at radius 2 is 1.81 bits per heavy atom. The average molecular weight is 383 g/mol. The topological polar surface area (TPSA) is 70.7 Å². The Morgan fingerprint density at radius 1 is 1.07 bits per heavy atom. The summed E-state index contributed by atoms with van der Waals surface area (Å²) in [5, 5.41) is 5.73. The van der Waals surface area contributed by atoms with Crippen molar-refractivity contribution in [2.24, 2.45) is 0 Å².